The Labute approximate surface area is 145 Å². The molecule has 6 nitrogen and oxygen atoms in total. The van der Waals surface area contributed by atoms with Crippen LogP contribution in [0.25, 0.3) is 0 Å². The molecule has 1 heterocycles. The number of esters is 1. The zero-order chi connectivity index (χ0) is 17.5. The molecule has 1 aliphatic heterocycles. The van der Waals surface area contributed by atoms with Crippen LogP contribution in [0.5, 0.6) is 0 Å². The van der Waals surface area contributed by atoms with E-state index in [4.69, 9.17) is 4.74 Å². The molecule has 24 heavy (non-hydrogen) atoms. The van der Waals surface area contributed by atoms with Gasteiger partial charge in [-0.1, -0.05) is 30.3 Å². The number of hydrogen-bond donors (Lipinski definition) is 1. The smallest absolute Gasteiger partial charge is 0.320 e. The van der Waals surface area contributed by atoms with Gasteiger partial charge in [0, 0.05) is 25.8 Å². The molecular weight excluding hydrogens is 328 g/mol. The van der Waals surface area contributed by atoms with Crippen molar-refractivity contribution in [3.8, 4) is 0 Å². The van der Waals surface area contributed by atoms with Crippen LogP contribution in [0, 0.1) is 0 Å². The number of methoxy groups -OCH3 is 1. The van der Waals surface area contributed by atoms with Crippen LogP contribution in [-0.2, 0) is 19.1 Å². The van der Waals surface area contributed by atoms with Gasteiger partial charge < -0.3 is 15.0 Å². The Morgan fingerprint density at radius 3 is 2.67 bits per heavy atom. The van der Waals surface area contributed by atoms with Crippen molar-refractivity contribution in [3.63, 3.8) is 0 Å². The monoisotopic (exact) mass is 350 g/mol. The minimum Gasteiger partial charge on any atom is -0.468 e. The van der Waals surface area contributed by atoms with Crippen molar-refractivity contribution < 1.29 is 19.1 Å². The molecule has 2 atom stereocenters. The summed E-state index contributed by atoms with van der Waals surface area (Å²) in [6, 6.07) is 9.04. The molecule has 1 aromatic carbocycles. The van der Waals surface area contributed by atoms with Crippen molar-refractivity contribution in [2.24, 2.45) is 0 Å². The summed E-state index contributed by atoms with van der Waals surface area (Å²) in [6.45, 7) is 2.38. The van der Waals surface area contributed by atoms with Crippen molar-refractivity contribution in [2.75, 3.05) is 26.0 Å². The molecule has 130 valence electrons. The van der Waals surface area contributed by atoms with E-state index < -0.39 is 0 Å². The van der Waals surface area contributed by atoms with E-state index in [1.807, 2.05) is 30.3 Å². The molecule has 0 aliphatic carbocycles. The molecule has 0 radical (unpaired) electrons. The average molecular weight is 350 g/mol. The Bertz CT molecular complexity index is 594. The molecule has 0 saturated carbocycles. The van der Waals surface area contributed by atoms with Gasteiger partial charge in [0.05, 0.1) is 19.6 Å². The first kappa shape index (κ1) is 18.3. The quantitative estimate of drug-likeness (QED) is 0.812. The highest BCUT2D eigenvalue weighted by molar-refractivity contribution is 8.00. The molecule has 2 amide bonds. The Morgan fingerprint density at radius 1 is 1.33 bits per heavy atom. The van der Waals surface area contributed by atoms with Gasteiger partial charge in [-0.15, -0.1) is 11.8 Å². The second kappa shape index (κ2) is 8.73. The molecule has 1 aliphatic rings. The molecule has 0 spiro atoms. The Morgan fingerprint density at radius 2 is 2.04 bits per heavy atom. The summed E-state index contributed by atoms with van der Waals surface area (Å²) >= 11 is 1.50. The Kier molecular flexibility index (Phi) is 6.66. The fraction of sp³-hybridized carbons (Fsp3) is 0.471. The number of nitrogens with one attached hydrogen (secondary N) is 1. The lowest BCUT2D eigenvalue weighted by Crippen LogP contribution is -2.46. The first-order valence-corrected chi connectivity index (χ1v) is 8.85. The van der Waals surface area contributed by atoms with Crippen LogP contribution >= 0.6 is 11.8 Å². The van der Waals surface area contributed by atoms with Gasteiger partial charge in [-0.2, -0.15) is 0 Å². The fourth-order valence-corrected chi connectivity index (χ4v) is 3.76. The lowest BCUT2D eigenvalue weighted by atomic mass is 10.0. The average Bonchev–Trinajstić information content (AvgIpc) is 2.61. The summed E-state index contributed by atoms with van der Waals surface area (Å²) in [5, 5.41) is 2.48. The molecule has 2 rings (SSSR count). The maximum Gasteiger partial charge on any atom is 0.320 e. The van der Waals surface area contributed by atoms with Gasteiger partial charge in [0.2, 0.25) is 11.8 Å². The zero-order valence-corrected chi connectivity index (χ0v) is 14.7. The number of carbonyl (C=O) groups excluding carboxylic acids is 3. The number of hydrogen-bond acceptors (Lipinski definition) is 5. The first-order valence-electron chi connectivity index (χ1n) is 7.80. The molecule has 1 saturated heterocycles. The third-order valence-electron chi connectivity index (χ3n) is 3.84. The topological polar surface area (TPSA) is 75.7 Å². The van der Waals surface area contributed by atoms with Gasteiger partial charge in [0.15, 0.2) is 0 Å². The SMILES string of the molecule is COC(=O)[C@@H]1CN(C(=O)C[C@H](NC(C)=O)c2ccccc2)CCS1. The number of benzene rings is 1. The van der Waals surface area contributed by atoms with Gasteiger partial charge in [0.25, 0.3) is 0 Å². The highest BCUT2D eigenvalue weighted by Crippen LogP contribution is 2.23. The van der Waals surface area contributed by atoms with E-state index in [0.29, 0.717) is 18.8 Å². The lowest BCUT2D eigenvalue weighted by molar-refractivity contribution is -0.141. The second-order valence-corrected chi connectivity index (χ2v) is 6.90. The van der Waals surface area contributed by atoms with E-state index in [-0.39, 0.29) is 35.5 Å². The van der Waals surface area contributed by atoms with E-state index in [1.54, 1.807) is 4.90 Å². The lowest BCUT2D eigenvalue weighted by Gasteiger charge is -2.32. The van der Waals surface area contributed by atoms with E-state index >= 15 is 0 Å². The van der Waals surface area contributed by atoms with E-state index in [9.17, 15) is 14.4 Å². The highest BCUT2D eigenvalue weighted by Gasteiger charge is 2.30. The largest absolute Gasteiger partial charge is 0.468 e. The molecule has 1 N–H and O–H groups in total. The number of carbonyl (C=O) groups is 3. The van der Waals surface area contributed by atoms with Crippen LogP contribution in [0.15, 0.2) is 30.3 Å². The zero-order valence-electron chi connectivity index (χ0n) is 13.9. The summed E-state index contributed by atoms with van der Waals surface area (Å²) in [7, 11) is 1.35. The highest BCUT2D eigenvalue weighted by atomic mass is 32.2. The molecule has 1 fully saturated rings. The third kappa shape index (κ3) is 4.99. The predicted octanol–water partition coefficient (Wildman–Crippen LogP) is 1.37. The van der Waals surface area contributed by atoms with Crippen LogP contribution < -0.4 is 5.32 Å². The molecule has 7 heteroatoms. The number of ether oxygens (including phenoxy) is 1. The van der Waals surface area contributed by atoms with Crippen molar-refractivity contribution in [1.29, 1.82) is 0 Å². The fourth-order valence-electron chi connectivity index (χ4n) is 2.64. The van der Waals surface area contributed by atoms with Gasteiger partial charge >= 0.3 is 5.97 Å². The number of nitrogens with zero attached hydrogens (tertiary/aromatic N) is 1. The van der Waals surface area contributed by atoms with Gasteiger partial charge in [0.1, 0.15) is 5.25 Å². The standard InChI is InChI=1S/C17H22N2O4S/c1-12(20)18-14(13-6-4-3-5-7-13)10-16(21)19-8-9-24-15(11-19)17(22)23-2/h3-7,14-15H,8-11H2,1-2H3,(H,18,20)/t14-,15-/m0/s1. The van der Waals surface area contributed by atoms with Crippen molar-refractivity contribution in [3.05, 3.63) is 35.9 Å². The minimum absolute atomic E-state index is 0.0770. The van der Waals surface area contributed by atoms with E-state index in [0.717, 1.165) is 5.56 Å². The Hall–Kier alpha value is -2.02. The molecule has 0 unspecified atom stereocenters. The predicted molar refractivity (Wildman–Crippen MR) is 92.5 cm³/mol. The van der Waals surface area contributed by atoms with E-state index in [2.05, 4.69) is 5.32 Å². The number of rotatable bonds is 5. The molecule has 1 aromatic rings. The van der Waals surface area contributed by atoms with Crippen molar-refractivity contribution >= 4 is 29.5 Å². The maximum atomic E-state index is 12.6. The second-order valence-electron chi connectivity index (χ2n) is 5.59. The maximum absolute atomic E-state index is 12.6. The molecular formula is C17H22N2O4S. The van der Waals surface area contributed by atoms with Crippen LogP contribution in [-0.4, -0.2) is 53.9 Å². The van der Waals surface area contributed by atoms with Gasteiger partial charge in [-0.05, 0) is 5.56 Å². The summed E-state index contributed by atoms with van der Waals surface area (Å²) in [5.41, 5.74) is 0.886. The minimum atomic E-state index is -0.373. The summed E-state index contributed by atoms with van der Waals surface area (Å²) in [4.78, 5) is 37.5. The summed E-state index contributed by atoms with van der Waals surface area (Å²) in [5.74, 6) is 0.130. The van der Waals surface area contributed by atoms with Crippen molar-refractivity contribution in [1.82, 2.24) is 10.2 Å². The van der Waals surface area contributed by atoms with Crippen molar-refractivity contribution in [2.45, 2.75) is 24.6 Å². The van der Waals surface area contributed by atoms with Crippen LogP contribution in [0.1, 0.15) is 24.9 Å². The molecule has 0 aromatic heterocycles. The molecule has 0 bridgehead atoms. The Balaban J connectivity index is 2.04. The summed E-state index contributed by atoms with van der Waals surface area (Å²) < 4.78 is 4.77. The summed E-state index contributed by atoms with van der Waals surface area (Å²) in [6.07, 6.45) is 0.169. The number of amides is 2. The van der Waals surface area contributed by atoms with Crippen LogP contribution in [0.4, 0.5) is 0 Å². The normalized spacial score (nSPS) is 18.6. The first-order chi connectivity index (χ1) is 11.5. The van der Waals surface area contributed by atoms with Crippen LogP contribution in [0.3, 0.4) is 0 Å². The third-order valence-corrected chi connectivity index (χ3v) is 5.00. The van der Waals surface area contributed by atoms with Gasteiger partial charge in [-0.25, -0.2) is 0 Å². The van der Waals surface area contributed by atoms with Gasteiger partial charge in [-0.3, -0.25) is 14.4 Å². The van der Waals surface area contributed by atoms with E-state index in [1.165, 1.54) is 25.8 Å². The van der Waals surface area contributed by atoms with Crippen LogP contribution in [0.2, 0.25) is 0 Å². The number of thioether (sulfide) groups is 1.